The van der Waals surface area contributed by atoms with Crippen molar-refractivity contribution in [3.05, 3.63) is 107 Å². The van der Waals surface area contributed by atoms with Crippen LogP contribution in [-0.2, 0) is 19.7 Å². The highest BCUT2D eigenvalue weighted by Gasteiger charge is 2.09. The highest BCUT2D eigenvalue weighted by molar-refractivity contribution is 6.30. The minimum absolute atomic E-state index is 0. The van der Waals surface area contributed by atoms with Gasteiger partial charge < -0.3 is 10.1 Å². The summed E-state index contributed by atoms with van der Waals surface area (Å²) in [6.45, 7) is 1.91. The van der Waals surface area contributed by atoms with Gasteiger partial charge in [-0.05, 0) is 46.7 Å². The Morgan fingerprint density at radius 2 is 1.62 bits per heavy atom. The molecule has 0 radical (unpaired) electrons. The van der Waals surface area contributed by atoms with Crippen LogP contribution in [0.1, 0.15) is 16.8 Å². The molecule has 4 aromatic rings. The summed E-state index contributed by atoms with van der Waals surface area (Å²) >= 11 is 5.97. The van der Waals surface area contributed by atoms with Gasteiger partial charge in [0.05, 0.1) is 5.69 Å². The summed E-state index contributed by atoms with van der Waals surface area (Å²) in [5.74, 6) is 0.891. The first kappa shape index (κ1) is 21.1. The van der Waals surface area contributed by atoms with Crippen molar-refractivity contribution < 1.29 is 4.74 Å². The van der Waals surface area contributed by atoms with Crippen LogP contribution in [0.5, 0.6) is 5.75 Å². The average molecular weight is 425 g/mol. The summed E-state index contributed by atoms with van der Waals surface area (Å²) in [6, 6.07) is 26.2. The summed E-state index contributed by atoms with van der Waals surface area (Å²) < 4.78 is 6.18. The van der Waals surface area contributed by atoms with Crippen LogP contribution in [0.25, 0.3) is 10.8 Å². The van der Waals surface area contributed by atoms with Gasteiger partial charge in [0.2, 0.25) is 0 Å². The van der Waals surface area contributed by atoms with Crippen LogP contribution < -0.4 is 10.1 Å². The van der Waals surface area contributed by atoms with Gasteiger partial charge in [-0.15, -0.1) is 12.4 Å². The molecule has 1 heterocycles. The van der Waals surface area contributed by atoms with Crippen LogP contribution in [0.3, 0.4) is 0 Å². The third kappa shape index (κ3) is 5.48. The Hall–Kier alpha value is -2.59. The topological polar surface area (TPSA) is 34.1 Å². The maximum Gasteiger partial charge on any atom is 0.124 e. The fourth-order valence-corrected chi connectivity index (χ4v) is 3.32. The molecule has 1 N–H and O–H groups in total. The van der Waals surface area contributed by atoms with Crippen molar-refractivity contribution in [2.24, 2.45) is 0 Å². The van der Waals surface area contributed by atoms with E-state index in [9.17, 15) is 0 Å². The summed E-state index contributed by atoms with van der Waals surface area (Å²) in [7, 11) is 0. The molecule has 0 amide bonds. The number of aromatic nitrogens is 1. The summed E-state index contributed by atoms with van der Waals surface area (Å²) in [5, 5.41) is 6.63. The Kier molecular flexibility index (Phi) is 7.48. The number of ether oxygens (including phenoxy) is 1. The molecule has 148 valence electrons. The predicted octanol–water partition coefficient (Wildman–Crippen LogP) is 6.18. The zero-order valence-electron chi connectivity index (χ0n) is 15.8. The number of pyridine rings is 1. The molecule has 0 aliphatic heterocycles. The lowest BCUT2D eigenvalue weighted by molar-refractivity contribution is 0.302. The molecule has 29 heavy (non-hydrogen) atoms. The summed E-state index contributed by atoms with van der Waals surface area (Å²) in [5.41, 5.74) is 3.26. The minimum Gasteiger partial charge on any atom is -0.489 e. The number of nitrogens with zero attached hydrogens (tertiary/aromatic N) is 1. The largest absolute Gasteiger partial charge is 0.489 e. The lowest BCUT2D eigenvalue weighted by atomic mass is 10.0. The van der Waals surface area contributed by atoms with E-state index < -0.39 is 0 Å². The monoisotopic (exact) mass is 424 g/mol. The van der Waals surface area contributed by atoms with Crippen LogP contribution in [0, 0.1) is 0 Å². The van der Waals surface area contributed by atoms with Gasteiger partial charge >= 0.3 is 0 Å². The van der Waals surface area contributed by atoms with Gasteiger partial charge in [0, 0.05) is 29.9 Å². The molecule has 3 aromatic carbocycles. The molecule has 0 saturated heterocycles. The van der Waals surface area contributed by atoms with E-state index in [1.165, 1.54) is 10.8 Å². The van der Waals surface area contributed by atoms with Crippen molar-refractivity contribution in [3.63, 3.8) is 0 Å². The molecular formula is C24H22Cl2N2O. The number of hydrogen-bond donors (Lipinski definition) is 1. The van der Waals surface area contributed by atoms with E-state index in [-0.39, 0.29) is 12.4 Å². The van der Waals surface area contributed by atoms with E-state index in [0.29, 0.717) is 19.7 Å². The molecule has 0 saturated carbocycles. The van der Waals surface area contributed by atoms with E-state index in [0.717, 1.165) is 27.6 Å². The first-order valence-electron chi connectivity index (χ1n) is 9.28. The maximum atomic E-state index is 6.18. The first-order chi connectivity index (χ1) is 13.8. The van der Waals surface area contributed by atoms with Crippen LogP contribution >= 0.6 is 24.0 Å². The molecule has 0 atom stereocenters. The van der Waals surface area contributed by atoms with Crippen molar-refractivity contribution in [1.82, 2.24) is 10.3 Å². The van der Waals surface area contributed by atoms with Crippen molar-refractivity contribution >= 4 is 34.8 Å². The van der Waals surface area contributed by atoms with Crippen LogP contribution in [-0.4, -0.2) is 4.98 Å². The smallest absolute Gasteiger partial charge is 0.124 e. The van der Waals surface area contributed by atoms with E-state index in [2.05, 4.69) is 46.7 Å². The number of benzene rings is 3. The quantitative estimate of drug-likeness (QED) is 0.384. The van der Waals surface area contributed by atoms with Gasteiger partial charge in [0.15, 0.2) is 0 Å². The van der Waals surface area contributed by atoms with E-state index in [1.54, 1.807) is 0 Å². The zero-order valence-corrected chi connectivity index (χ0v) is 17.4. The van der Waals surface area contributed by atoms with Gasteiger partial charge in [-0.25, -0.2) is 0 Å². The standard InChI is InChI=1S/C24H21ClN2O.ClH/c25-20-11-8-18(9-12-20)17-28-24-13-10-19-5-1-2-7-22(19)23(24)16-26-15-21-6-3-4-14-27-21;/h1-14,26H,15-17H2;1H. The lowest BCUT2D eigenvalue weighted by Gasteiger charge is -2.15. The number of rotatable bonds is 7. The molecule has 0 unspecified atom stereocenters. The summed E-state index contributed by atoms with van der Waals surface area (Å²) in [4.78, 5) is 4.37. The van der Waals surface area contributed by atoms with Gasteiger partial charge in [-0.1, -0.05) is 60.1 Å². The Bertz CT molecular complexity index is 1050. The second-order valence-electron chi connectivity index (χ2n) is 6.60. The molecule has 0 aliphatic rings. The molecule has 0 aliphatic carbocycles. The fourth-order valence-electron chi connectivity index (χ4n) is 3.19. The van der Waals surface area contributed by atoms with E-state index >= 15 is 0 Å². The van der Waals surface area contributed by atoms with E-state index in [4.69, 9.17) is 16.3 Å². The molecule has 5 heteroatoms. The van der Waals surface area contributed by atoms with Crippen molar-refractivity contribution in [2.75, 3.05) is 0 Å². The number of nitrogens with one attached hydrogen (secondary N) is 1. The number of halogens is 2. The van der Waals surface area contributed by atoms with Crippen LogP contribution in [0.2, 0.25) is 5.02 Å². The predicted molar refractivity (Wildman–Crippen MR) is 122 cm³/mol. The Morgan fingerprint density at radius 1 is 0.828 bits per heavy atom. The molecule has 4 rings (SSSR count). The first-order valence-corrected chi connectivity index (χ1v) is 9.66. The molecule has 0 bridgehead atoms. The van der Waals surface area contributed by atoms with Gasteiger partial charge in [0.25, 0.3) is 0 Å². The molecular weight excluding hydrogens is 403 g/mol. The summed E-state index contributed by atoms with van der Waals surface area (Å²) in [6.07, 6.45) is 1.82. The SMILES string of the molecule is Cl.Clc1ccc(COc2ccc3ccccc3c2CNCc2ccccn2)cc1. The maximum absolute atomic E-state index is 6.18. The fraction of sp³-hybridized carbons (Fsp3) is 0.125. The second-order valence-corrected chi connectivity index (χ2v) is 7.04. The van der Waals surface area contributed by atoms with Crippen LogP contribution in [0.4, 0.5) is 0 Å². The lowest BCUT2D eigenvalue weighted by Crippen LogP contribution is -2.15. The number of hydrogen-bond acceptors (Lipinski definition) is 3. The minimum atomic E-state index is 0. The van der Waals surface area contributed by atoms with Gasteiger partial charge in [0.1, 0.15) is 12.4 Å². The Balaban J connectivity index is 0.00000240. The zero-order chi connectivity index (χ0) is 19.2. The normalized spacial score (nSPS) is 10.5. The third-order valence-corrected chi connectivity index (χ3v) is 4.89. The second kappa shape index (κ2) is 10.3. The van der Waals surface area contributed by atoms with Crippen molar-refractivity contribution in [3.8, 4) is 5.75 Å². The van der Waals surface area contributed by atoms with E-state index in [1.807, 2.05) is 48.7 Å². The number of fused-ring (bicyclic) bond motifs is 1. The van der Waals surface area contributed by atoms with Gasteiger partial charge in [-0.3, -0.25) is 4.98 Å². The molecule has 0 fully saturated rings. The van der Waals surface area contributed by atoms with Crippen molar-refractivity contribution in [2.45, 2.75) is 19.7 Å². The molecule has 1 aromatic heterocycles. The van der Waals surface area contributed by atoms with Crippen LogP contribution in [0.15, 0.2) is 85.1 Å². The van der Waals surface area contributed by atoms with Crippen molar-refractivity contribution in [1.29, 1.82) is 0 Å². The highest BCUT2D eigenvalue weighted by atomic mass is 35.5. The Morgan fingerprint density at radius 3 is 2.41 bits per heavy atom. The Labute approximate surface area is 182 Å². The van der Waals surface area contributed by atoms with Gasteiger partial charge in [-0.2, -0.15) is 0 Å². The highest BCUT2D eigenvalue weighted by Crippen LogP contribution is 2.29. The molecule has 0 spiro atoms. The molecule has 3 nitrogen and oxygen atoms in total. The third-order valence-electron chi connectivity index (χ3n) is 4.64. The average Bonchev–Trinajstić information content (AvgIpc) is 2.75.